The van der Waals surface area contributed by atoms with Gasteiger partial charge in [0.1, 0.15) is 0 Å². The Morgan fingerprint density at radius 2 is 0.569 bits per heavy atom. The Bertz CT molecular complexity index is 5200. The van der Waals surface area contributed by atoms with E-state index in [1.165, 1.54) is 172 Å². The van der Waals surface area contributed by atoms with Crippen LogP contribution in [0.1, 0.15) is 0 Å². The van der Waals surface area contributed by atoms with Crippen molar-refractivity contribution in [2.75, 3.05) is 0 Å². The molecule has 0 amide bonds. The maximum Gasteiger partial charge on any atom is 0.0622 e. The first kappa shape index (κ1) is 37.0. The Morgan fingerprint density at radius 1 is 0.222 bits per heavy atom. The van der Waals surface area contributed by atoms with Crippen molar-refractivity contribution in [1.82, 2.24) is 17.9 Å². The lowest BCUT2D eigenvalue weighted by Crippen LogP contribution is -1.93. The van der Waals surface area contributed by atoms with E-state index in [2.05, 4.69) is 224 Å². The molecule has 19 aromatic rings. The Morgan fingerprint density at radius 3 is 0.972 bits per heavy atom. The zero-order chi connectivity index (χ0) is 46.2. The van der Waals surface area contributed by atoms with Crippen molar-refractivity contribution in [1.29, 1.82) is 0 Å². The highest BCUT2D eigenvalue weighted by Crippen LogP contribution is 2.51. The van der Waals surface area contributed by atoms with E-state index in [9.17, 15) is 0 Å². The van der Waals surface area contributed by atoms with Crippen molar-refractivity contribution in [3.05, 3.63) is 206 Å². The number of nitrogens with zero attached hydrogens (tertiary/aromatic N) is 4. The van der Waals surface area contributed by atoms with Gasteiger partial charge in [0.25, 0.3) is 0 Å². The van der Waals surface area contributed by atoms with Crippen LogP contribution in [0, 0.1) is 0 Å². The van der Waals surface area contributed by atoms with Crippen LogP contribution in [0.4, 0.5) is 0 Å². The molecule has 330 valence electrons. The third-order valence-corrected chi connectivity index (χ3v) is 18.8. The fourth-order valence-electron chi connectivity index (χ4n) is 13.8. The smallest absolute Gasteiger partial charge is 0.0622 e. The zero-order valence-corrected chi connectivity index (χ0v) is 39.9. The minimum atomic E-state index is 1.18. The second-order valence-corrected chi connectivity index (χ2v) is 22.1. The second-order valence-electron chi connectivity index (χ2n) is 19.9. The molecule has 0 N–H and O–H groups in total. The molecule has 0 spiro atoms. The third-order valence-electron chi connectivity index (χ3n) is 16.6. The molecule has 6 heteroatoms. The first-order valence-corrected chi connectivity index (χ1v) is 26.4. The van der Waals surface area contributed by atoms with Gasteiger partial charge in [0.2, 0.25) is 0 Å². The fourth-order valence-corrected chi connectivity index (χ4v) is 16.0. The summed E-state index contributed by atoms with van der Waals surface area (Å²) in [6.45, 7) is 0. The molecule has 11 aromatic carbocycles. The summed E-state index contributed by atoms with van der Waals surface area (Å²) in [6.07, 6.45) is 0. The van der Waals surface area contributed by atoms with Crippen LogP contribution in [-0.2, 0) is 0 Å². The largest absolute Gasteiger partial charge is 0.309 e. The fraction of sp³-hybridized carbons (Fsp3) is 0. The van der Waals surface area contributed by atoms with E-state index in [4.69, 9.17) is 0 Å². The van der Waals surface area contributed by atoms with Gasteiger partial charge >= 0.3 is 0 Å². The summed E-state index contributed by atoms with van der Waals surface area (Å²) >= 11 is 3.80. The summed E-state index contributed by atoms with van der Waals surface area (Å²) in [4.78, 5) is 0. The van der Waals surface area contributed by atoms with E-state index in [0.29, 0.717) is 0 Å². The standard InChI is InChI=1S/C66H34N4S2/c1-7-19-49-37(13-1)38-14-2-8-20-50(38)67(49)35-29-45-43-33-56-44(34-55(43)69-53-25-27-59-63(61(53)47(31-35)65(45)69)41-17-5-11-23-57(41)71-59)46-30-36(68-51-21-9-3-15-39(51)40-16-4-10-22-52(40)68)32-48-62-54(70(56)66(46)48)26-28-60-64(62)42-18-6-12-24-58(42)72-60/h1-34H. The van der Waals surface area contributed by atoms with Gasteiger partial charge in [0, 0.05) is 116 Å². The molecule has 0 fully saturated rings. The van der Waals surface area contributed by atoms with E-state index in [0.717, 1.165) is 0 Å². The molecule has 8 aromatic heterocycles. The van der Waals surface area contributed by atoms with Crippen LogP contribution in [0.3, 0.4) is 0 Å². The number of fused-ring (bicyclic) bond motifs is 26. The number of hydrogen-bond donors (Lipinski definition) is 0. The summed E-state index contributed by atoms with van der Waals surface area (Å²) < 4.78 is 15.5. The quantitative estimate of drug-likeness (QED) is 0.164. The van der Waals surface area contributed by atoms with Crippen LogP contribution in [-0.4, -0.2) is 17.9 Å². The topological polar surface area (TPSA) is 18.7 Å². The third kappa shape index (κ3) is 4.27. The summed E-state index contributed by atoms with van der Waals surface area (Å²) in [6, 6.07) is 78.2. The number of rotatable bonds is 2. The molecule has 0 saturated carbocycles. The van der Waals surface area contributed by atoms with Gasteiger partial charge in [-0.1, -0.05) is 109 Å². The van der Waals surface area contributed by atoms with Crippen LogP contribution in [0.2, 0.25) is 0 Å². The molecule has 8 heterocycles. The molecular formula is C66H34N4S2. The van der Waals surface area contributed by atoms with Gasteiger partial charge in [-0.05, 0) is 97.1 Å². The lowest BCUT2D eigenvalue weighted by Gasteiger charge is -2.10. The molecule has 19 rings (SSSR count). The van der Waals surface area contributed by atoms with E-state index in [1.807, 2.05) is 22.7 Å². The number of thiophene rings is 2. The van der Waals surface area contributed by atoms with E-state index in [-0.39, 0.29) is 0 Å². The maximum atomic E-state index is 2.61. The zero-order valence-electron chi connectivity index (χ0n) is 38.2. The first-order chi connectivity index (χ1) is 35.7. The molecule has 0 radical (unpaired) electrons. The molecule has 0 aliphatic rings. The van der Waals surface area contributed by atoms with E-state index >= 15 is 0 Å². The average molecular weight is 947 g/mol. The van der Waals surface area contributed by atoms with E-state index in [1.54, 1.807) is 0 Å². The highest BCUT2D eigenvalue weighted by molar-refractivity contribution is 7.26. The normalized spacial score (nSPS) is 13.0. The molecule has 0 saturated heterocycles. The predicted molar refractivity (Wildman–Crippen MR) is 310 cm³/mol. The first-order valence-electron chi connectivity index (χ1n) is 24.7. The van der Waals surface area contributed by atoms with Crippen molar-refractivity contribution < 1.29 is 0 Å². The summed E-state index contributed by atoms with van der Waals surface area (Å²) in [7, 11) is 0. The number of para-hydroxylation sites is 4. The van der Waals surface area contributed by atoms with Crippen LogP contribution >= 0.6 is 22.7 Å². The molecule has 0 unspecified atom stereocenters. The summed E-state index contributed by atoms with van der Waals surface area (Å²) in [5.41, 5.74) is 14.8. The lowest BCUT2D eigenvalue weighted by atomic mass is 10.0. The summed E-state index contributed by atoms with van der Waals surface area (Å²) in [5.74, 6) is 0. The van der Waals surface area contributed by atoms with Crippen molar-refractivity contribution in [3.8, 4) is 11.4 Å². The van der Waals surface area contributed by atoms with Crippen molar-refractivity contribution in [2.24, 2.45) is 0 Å². The van der Waals surface area contributed by atoms with Crippen molar-refractivity contribution in [2.45, 2.75) is 0 Å². The minimum absolute atomic E-state index is 1.18. The van der Waals surface area contributed by atoms with Gasteiger partial charge < -0.3 is 17.9 Å². The van der Waals surface area contributed by atoms with Gasteiger partial charge in [0.15, 0.2) is 0 Å². The van der Waals surface area contributed by atoms with Crippen LogP contribution in [0.25, 0.3) is 172 Å². The Balaban J connectivity index is 1.03. The van der Waals surface area contributed by atoms with Gasteiger partial charge in [0.05, 0.1) is 55.2 Å². The SMILES string of the molecule is c1ccc2c(c1)sc1ccc3c(c4cc(-n5c6ccccc6c6ccccc65)cc5c6cc7c(cc6n3c54)c3cc(-n4c5ccccc5c5ccccc54)cc4c5c6c(ccc5n7c34)sc3ccccc36)c12. The Hall–Kier alpha value is -8.94. The monoisotopic (exact) mass is 946 g/mol. The second kappa shape index (κ2) is 12.7. The Labute approximate surface area is 415 Å². The molecule has 72 heavy (non-hydrogen) atoms. The predicted octanol–water partition coefficient (Wildman–Crippen LogP) is 18.9. The average Bonchev–Trinajstić information content (AvgIpc) is 4.31. The van der Waals surface area contributed by atoms with Crippen LogP contribution < -0.4 is 0 Å². The molecule has 0 bridgehead atoms. The molecule has 4 nitrogen and oxygen atoms in total. The van der Waals surface area contributed by atoms with Gasteiger partial charge in [-0.3, -0.25) is 0 Å². The van der Waals surface area contributed by atoms with Gasteiger partial charge in [-0.15, -0.1) is 22.7 Å². The molecular weight excluding hydrogens is 913 g/mol. The maximum absolute atomic E-state index is 2.61. The van der Waals surface area contributed by atoms with E-state index < -0.39 is 0 Å². The molecule has 0 aliphatic carbocycles. The van der Waals surface area contributed by atoms with Crippen LogP contribution in [0.5, 0.6) is 0 Å². The Kier molecular flexibility index (Phi) is 6.51. The van der Waals surface area contributed by atoms with Crippen molar-refractivity contribution >= 4 is 183 Å². The highest BCUT2D eigenvalue weighted by Gasteiger charge is 2.28. The molecule has 0 aliphatic heterocycles. The van der Waals surface area contributed by atoms with Crippen molar-refractivity contribution in [3.63, 3.8) is 0 Å². The number of benzene rings is 11. The lowest BCUT2D eigenvalue weighted by molar-refractivity contribution is 1.19. The molecule has 0 atom stereocenters. The van der Waals surface area contributed by atoms with Gasteiger partial charge in [-0.25, -0.2) is 0 Å². The highest BCUT2D eigenvalue weighted by atomic mass is 32.1. The number of aromatic nitrogens is 4. The van der Waals surface area contributed by atoms with Crippen LogP contribution in [0.15, 0.2) is 206 Å². The van der Waals surface area contributed by atoms with Gasteiger partial charge in [-0.2, -0.15) is 0 Å². The number of hydrogen-bond acceptors (Lipinski definition) is 2. The summed E-state index contributed by atoms with van der Waals surface area (Å²) in [5, 5.41) is 20.7. The minimum Gasteiger partial charge on any atom is -0.309 e.